The first kappa shape index (κ1) is 23.5. The van der Waals surface area contributed by atoms with Gasteiger partial charge in [-0.3, -0.25) is 34.0 Å². The molecule has 40 heavy (non-hydrogen) atoms. The largest absolute Gasteiger partial charge is 0.289 e. The zero-order valence-electron chi connectivity index (χ0n) is 20.9. The van der Waals surface area contributed by atoms with Crippen molar-refractivity contribution in [1.82, 2.24) is 14.5 Å². The number of nitro benzene ring substituents is 1. The van der Waals surface area contributed by atoms with Crippen LogP contribution in [-0.2, 0) is 15.1 Å². The van der Waals surface area contributed by atoms with Gasteiger partial charge in [-0.25, -0.2) is 9.88 Å². The third kappa shape index (κ3) is 2.62. The van der Waals surface area contributed by atoms with E-state index in [0.29, 0.717) is 35.4 Å². The Hall–Kier alpha value is -4.41. The quantitative estimate of drug-likeness (QED) is 0.210. The number of fused-ring (bicyclic) bond motifs is 11. The van der Waals surface area contributed by atoms with Gasteiger partial charge in [-0.2, -0.15) is 0 Å². The Morgan fingerprint density at radius 2 is 1.77 bits per heavy atom. The summed E-state index contributed by atoms with van der Waals surface area (Å²) >= 11 is 6.04. The van der Waals surface area contributed by atoms with E-state index in [1.165, 1.54) is 18.2 Å². The van der Waals surface area contributed by atoms with Gasteiger partial charge in [-0.05, 0) is 49.7 Å². The van der Waals surface area contributed by atoms with E-state index in [9.17, 15) is 24.5 Å². The highest BCUT2D eigenvalue weighted by Crippen LogP contribution is 2.62. The molecule has 5 heterocycles. The molecule has 1 spiro atoms. The summed E-state index contributed by atoms with van der Waals surface area (Å²) in [5.41, 5.74) is 0.275. The second-order valence-electron chi connectivity index (χ2n) is 10.7. The van der Waals surface area contributed by atoms with E-state index in [2.05, 4.69) is 4.90 Å². The molecule has 2 amide bonds. The summed E-state index contributed by atoms with van der Waals surface area (Å²) in [5, 5.41) is 12.0. The molecule has 0 saturated carbocycles. The van der Waals surface area contributed by atoms with E-state index in [1.807, 2.05) is 30.3 Å². The van der Waals surface area contributed by atoms with Gasteiger partial charge in [0.2, 0.25) is 11.8 Å². The van der Waals surface area contributed by atoms with Crippen LogP contribution in [-0.4, -0.2) is 43.8 Å². The second-order valence-corrected chi connectivity index (χ2v) is 11.1. The Morgan fingerprint density at radius 3 is 2.60 bits per heavy atom. The van der Waals surface area contributed by atoms with Crippen LogP contribution in [0.3, 0.4) is 0 Å². The van der Waals surface area contributed by atoms with Crippen molar-refractivity contribution in [3.05, 3.63) is 104 Å². The van der Waals surface area contributed by atoms with Crippen LogP contribution < -0.4 is 10.5 Å². The van der Waals surface area contributed by atoms with Gasteiger partial charge in [0.05, 0.1) is 39.0 Å². The van der Waals surface area contributed by atoms with Gasteiger partial charge in [0.25, 0.3) is 11.2 Å². The number of aromatic nitrogens is 2. The first-order chi connectivity index (χ1) is 19.4. The lowest BCUT2D eigenvalue weighted by atomic mass is 9.75. The number of anilines is 1. The fraction of sp³-hybridized carbons (Fsp3) is 0.241. The molecule has 0 aliphatic carbocycles. The van der Waals surface area contributed by atoms with Crippen LogP contribution in [0, 0.1) is 22.0 Å². The van der Waals surface area contributed by atoms with Crippen LogP contribution in [0.1, 0.15) is 24.2 Å². The van der Waals surface area contributed by atoms with Crippen LogP contribution in [0.5, 0.6) is 0 Å². The van der Waals surface area contributed by atoms with Crippen molar-refractivity contribution in [2.24, 2.45) is 11.8 Å². The zero-order chi connectivity index (χ0) is 27.5. The smallest absolute Gasteiger partial charge is 0.283 e. The second kappa shape index (κ2) is 7.83. The predicted molar refractivity (Wildman–Crippen MR) is 145 cm³/mol. The molecule has 4 aliphatic heterocycles. The summed E-state index contributed by atoms with van der Waals surface area (Å²) in [5.74, 6) is -2.01. The highest BCUT2D eigenvalue weighted by Gasteiger charge is 2.73. The highest BCUT2D eigenvalue weighted by atomic mass is 35.5. The summed E-state index contributed by atoms with van der Waals surface area (Å²) in [6.45, 7) is 0.641. The molecule has 198 valence electrons. The van der Waals surface area contributed by atoms with E-state index in [4.69, 9.17) is 16.6 Å². The van der Waals surface area contributed by atoms with Crippen molar-refractivity contribution in [3.63, 3.8) is 0 Å². The Bertz CT molecular complexity index is 1910. The standard InChI is InChI=1S/C29H20ClN5O5/c30-18-12-11-15(14-22(18)35(39)40)33-26(37)23-21-10-5-13-32(21)29(24(23)27(33)38)17-7-2-4-9-20(17)34-25(36)16-6-1-3-8-19(16)31-28(29)34/h1-4,6-9,11-12,14,21,23-24H,5,10,13H2/t21-,23-,24+,29-/m0/s1. The van der Waals surface area contributed by atoms with Gasteiger partial charge in [-0.15, -0.1) is 0 Å². The molecule has 1 aromatic heterocycles. The fourth-order valence-corrected chi connectivity index (χ4v) is 7.83. The Morgan fingerprint density at radius 1 is 1.00 bits per heavy atom. The van der Waals surface area contributed by atoms with Crippen molar-refractivity contribution in [2.75, 3.05) is 11.4 Å². The number of amides is 2. The molecule has 10 nitrogen and oxygen atoms in total. The van der Waals surface area contributed by atoms with E-state index < -0.39 is 34.1 Å². The van der Waals surface area contributed by atoms with Crippen molar-refractivity contribution in [1.29, 1.82) is 0 Å². The van der Waals surface area contributed by atoms with E-state index in [0.717, 1.165) is 16.9 Å². The number of nitro groups is 1. The van der Waals surface area contributed by atoms with E-state index in [-0.39, 0.29) is 28.0 Å². The summed E-state index contributed by atoms with van der Waals surface area (Å²) in [4.78, 5) is 61.8. The van der Waals surface area contributed by atoms with Crippen LogP contribution in [0.4, 0.5) is 11.4 Å². The number of imide groups is 1. The maximum absolute atomic E-state index is 14.5. The topological polar surface area (TPSA) is 119 Å². The number of hydrogen-bond acceptors (Lipinski definition) is 7. The monoisotopic (exact) mass is 553 g/mol. The van der Waals surface area contributed by atoms with Crippen molar-refractivity contribution < 1.29 is 14.5 Å². The number of para-hydroxylation sites is 2. The molecular weight excluding hydrogens is 534 g/mol. The number of benzene rings is 3. The van der Waals surface area contributed by atoms with Crippen LogP contribution in [0.15, 0.2) is 71.5 Å². The molecule has 3 fully saturated rings. The third-order valence-corrected chi connectivity index (χ3v) is 9.34. The first-order valence-corrected chi connectivity index (χ1v) is 13.4. The average molecular weight is 554 g/mol. The fourth-order valence-electron chi connectivity index (χ4n) is 7.65. The predicted octanol–water partition coefficient (Wildman–Crippen LogP) is 3.79. The summed E-state index contributed by atoms with van der Waals surface area (Å²) in [7, 11) is 0. The summed E-state index contributed by atoms with van der Waals surface area (Å²) in [6.07, 6.45) is 1.53. The SMILES string of the molecule is O=C1[C@H]2[C@@H]3CCCN3[C@@]3(c4ccccc4-n4c3nc3ccccc3c4=O)[C@H]2C(=O)N1c1ccc(Cl)c([N+](=O)[O-])c1. The van der Waals surface area contributed by atoms with Crippen molar-refractivity contribution in [2.45, 2.75) is 24.4 Å². The van der Waals surface area contributed by atoms with Gasteiger partial charge in [0, 0.05) is 17.7 Å². The third-order valence-electron chi connectivity index (χ3n) is 9.02. The molecule has 4 aromatic rings. The average Bonchev–Trinajstić information content (AvgIpc) is 3.66. The first-order valence-electron chi connectivity index (χ1n) is 13.1. The maximum Gasteiger partial charge on any atom is 0.289 e. The Balaban J connectivity index is 1.41. The Kier molecular flexibility index (Phi) is 4.60. The maximum atomic E-state index is 14.5. The summed E-state index contributed by atoms with van der Waals surface area (Å²) in [6, 6.07) is 18.3. The normalized spacial score (nSPS) is 26.4. The lowest BCUT2D eigenvalue weighted by Crippen LogP contribution is -2.51. The molecule has 11 heteroatoms. The van der Waals surface area contributed by atoms with Crippen LogP contribution >= 0.6 is 11.6 Å². The molecule has 4 atom stereocenters. The minimum atomic E-state index is -1.15. The molecule has 0 unspecified atom stereocenters. The van der Waals surface area contributed by atoms with Crippen LogP contribution in [0.25, 0.3) is 16.6 Å². The number of hydrogen-bond donors (Lipinski definition) is 0. The van der Waals surface area contributed by atoms with Gasteiger partial charge in [0.15, 0.2) is 0 Å². The number of nitrogens with zero attached hydrogens (tertiary/aromatic N) is 5. The van der Waals surface area contributed by atoms with Crippen molar-refractivity contribution >= 4 is 45.7 Å². The van der Waals surface area contributed by atoms with E-state index >= 15 is 0 Å². The van der Waals surface area contributed by atoms with Gasteiger partial charge < -0.3 is 0 Å². The minimum Gasteiger partial charge on any atom is -0.283 e. The number of carbonyl (C=O) groups excluding carboxylic acids is 2. The molecule has 3 aromatic carbocycles. The lowest BCUT2D eigenvalue weighted by molar-refractivity contribution is -0.384. The molecule has 0 N–H and O–H groups in total. The van der Waals surface area contributed by atoms with Gasteiger partial charge in [-0.1, -0.05) is 41.9 Å². The number of carbonyl (C=O) groups is 2. The molecule has 3 saturated heterocycles. The lowest BCUT2D eigenvalue weighted by Gasteiger charge is -2.38. The summed E-state index contributed by atoms with van der Waals surface area (Å²) < 4.78 is 1.60. The number of halogens is 1. The molecule has 0 radical (unpaired) electrons. The molecule has 0 bridgehead atoms. The molecular formula is C29H20ClN5O5. The molecule has 8 rings (SSSR count). The van der Waals surface area contributed by atoms with Gasteiger partial charge >= 0.3 is 0 Å². The van der Waals surface area contributed by atoms with Gasteiger partial charge in [0.1, 0.15) is 16.4 Å². The minimum absolute atomic E-state index is 0.0828. The zero-order valence-corrected chi connectivity index (χ0v) is 21.6. The highest BCUT2D eigenvalue weighted by molar-refractivity contribution is 6.33. The Labute approximate surface area is 231 Å². The van der Waals surface area contributed by atoms with E-state index in [1.54, 1.807) is 22.8 Å². The molecule has 4 aliphatic rings. The number of rotatable bonds is 2. The van der Waals surface area contributed by atoms with Crippen molar-refractivity contribution in [3.8, 4) is 5.69 Å². The van der Waals surface area contributed by atoms with Crippen LogP contribution in [0.2, 0.25) is 5.02 Å².